The normalized spacial score (nSPS) is 11.3. The van der Waals surface area contributed by atoms with Crippen molar-refractivity contribution in [2.75, 3.05) is 20.1 Å². The molecule has 0 radical (unpaired) electrons. The lowest BCUT2D eigenvalue weighted by atomic mass is 10.1. The molecule has 0 saturated carbocycles. The maximum absolute atomic E-state index is 2.52. The van der Waals surface area contributed by atoms with Crippen LogP contribution in [-0.4, -0.2) is 25.0 Å². The molecule has 0 atom stereocenters. The molecule has 0 rings (SSSR count). The summed E-state index contributed by atoms with van der Waals surface area (Å²) in [5.74, 6) is 0. The van der Waals surface area contributed by atoms with E-state index < -0.39 is 0 Å². The summed E-state index contributed by atoms with van der Waals surface area (Å²) in [6, 6.07) is 0. The van der Waals surface area contributed by atoms with Gasteiger partial charge in [0.05, 0.1) is 0 Å². The molecule has 0 aromatic heterocycles. The second kappa shape index (κ2) is 14.0. The summed E-state index contributed by atoms with van der Waals surface area (Å²) in [7, 11) is 2.28. The van der Waals surface area contributed by atoms with Gasteiger partial charge in [0, 0.05) is 0 Å². The molecule has 0 aromatic rings. The zero-order valence-corrected chi connectivity index (χ0v) is 12.6. The van der Waals surface area contributed by atoms with Gasteiger partial charge in [0.1, 0.15) is 0 Å². The molecular formula is C16H35N. The van der Waals surface area contributed by atoms with Gasteiger partial charge < -0.3 is 4.90 Å². The first-order valence-electron chi connectivity index (χ1n) is 7.99. The summed E-state index contributed by atoms with van der Waals surface area (Å²) < 4.78 is 0. The highest BCUT2D eigenvalue weighted by molar-refractivity contribution is 4.53. The molecule has 17 heavy (non-hydrogen) atoms. The van der Waals surface area contributed by atoms with E-state index in [0.717, 1.165) is 0 Å². The molecule has 0 amide bonds. The molecule has 0 heterocycles. The molecule has 0 fully saturated rings. The predicted molar refractivity (Wildman–Crippen MR) is 79.6 cm³/mol. The Labute approximate surface area is 110 Å². The fourth-order valence-corrected chi connectivity index (χ4v) is 2.26. The van der Waals surface area contributed by atoms with Crippen molar-refractivity contribution >= 4 is 0 Å². The second-order valence-electron chi connectivity index (χ2n) is 5.49. The van der Waals surface area contributed by atoms with Gasteiger partial charge in [-0.3, -0.25) is 0 Å². The van der Waals surface area contributed by atoms with Crippen molar-refractivity contribution in [3.63, 3.8) is 0 Å². The van der Waals surface area contributed by atoms with Crippen LogP contribution in [0, 0.1) is 0 Å². The Morgan fingerprint density at radius 2 is 0.882 bits per heavy atom. The van der Waals surface area contributed by atoms with Gasteiger partial charge in [0.25, 0.3) is 0 Å². The second-order valence-corrected chi connectivity index (χ2v) is 5.49. The molecule has 0 spiro atoms. The molecule has 0 N–H and O–H groups in total. The van der Waals surface area contributed by atoms with Crippen LogP contribution in [0.25, 0.3) is 0 Å². The molecule has 0 aromatic carbocycles. The van der Waals surface area contributed by atoms with E-state index in [1.807, 2.05) is 0 Å². The lowest BCUT2D eigenvalue weighted by Crippen LogP contribution is -2.20. The zero-order chi connectivity index (χ0) is 12.8. The maximum atomic E-state index is 2.52. The SMILES string of the molecule is CCCCCCCCN(C)CCCCCCC. The fraction of sp³-hybridized carbons (Fsp3) is 1.00. The molecule has 104 valence electrons. The number of unbranched alkanes of at least 4 members (excludes halogenated alkanes) is 9. The van der Waals surface area contributed by atoms with Crippen LogP contribution in [0.1, 0.15) is 84.5 Å². The van der Waals surface area contributed by atoms with Gasteiger partial charge >= 0.3 is 0 Å². The molecule has 0 unspecified atom stereocenters. The lowest BCUT2D eigenvalue weighted by molar-refractivity contribution is 0.314. The van der Waals surface area contributed by atoms with Crippen molar-refractivity contribution in [3.05, 3.63) is 0 Å². The predicted octanol–water partition coefficient (Wildman–Crippen LogP) is 5.25. The highest BCUT2D eigenvalue weighted by Gasteiger charge is 1.98. The highest BCUT2D eigenvalue weighted by atomic mass is 15.1. The van der Waals surface area contributed by atoms with Crippen molar-refractivity contribution in [3.8, 4) is 0 Å². The third-order valence-electron chi connectivity index (χ3n) is 3.54. The van der Waals surface area contributed by atoms with Gasteiger partial charge in [0.15, 0.2) is 0 Å². The van der Waals surface area contributed by atoms with Gasteiger partial charge in [-0.25, -0.2) is 0 Å². The van der Waals surface area contributed by atoms with Crippen LogP contribution in [0.3, 0.4) is 0 Å². The summed E-state index contributed by atoms with van der Waals surface area (Å²) in [5, 5.41) is 0. The van der Waals surface area contributed by atoms with E-state index in [1.54, 1.807) is 0 Å². The standard InChI is InChI=1S/C16H35N/c1-4-6-8-10-12-14-16-17(3)15-13-11-9-7-5-2/h4-16H2,1-3H3. The quantitative estimate of drug-likeness (QED) is 0.398. The lowest BCUT2D eigenvalue weighted by Gasteiger charge is -2.16. The monoisotopic (exact) mass is 241 g/mol. The van der Waals surface area contributed by atoms with Crippen molar-refractivity contribution in [2.24, 2.45) is 0 Å². The van der Waals surface area contributed by atoms with Crippen LogP contribution >= 0.6 is 0 Å². The molecule has 1 heteroatoms. The maximum Gasteiger partial charge on any atom is -0.00218 e. The average molecular weight is 241 g/mol. The van der Waals surface area contributed by atoms with Crippen LogP contribution in [0.2, 0.25) is 0 Å². The molecular weight excluding hydrogens is 206 g/mol. The Kier molecular flexibility index (Phi) is 14.0. The molecule has 0 aliphatic heterocycles. The summed E-state index contributed by atoms with van der Waals surface area (Å²) in [6.45, 7) is 7.18. The minimum absolute atomic E-state index is 1.30. The molecule has 0 aliphatic carbocycles. The van der Waals surface area contributed by atoms with Crippen molar-refractivity contribution < 1.29 is 0 Å². The largest absolute Gasteiger partial charge is 0.306 e. The Bertz CT molecular complexity index is 133. The smallest absolute Gasteiger partial charge is 0.00218 e. The van der Waals surface area contributed by atoms with E-state index >= 15 is 0 Å². The van der Waals surface area contributed by atoms with E-state index in [0.29, 0.717) is 0 Å². The van der Waals surface area contributed by atoms with Crippen molar-refractivity contribution in [2.45, 2.75) is 84.5 Å². The van der Waals surface area contributed by atoms with Crippen LogP contribution in [0.4, 0.5) is 0 Å². The zero-order valence-electron chi connectivity index (χ0n) is 12.6. The summed E-state index contributed by atoms with van der Waals surface area (Å²) in [6.07, 6.45) is 15.5. The molecule has 1 nitrogen and oxygen atoms in total. The van der Waals surface area contributed by atoms with E-state index in [4.69, 9.17) is 0 Å². The van der Waals surface area contributed by atoms with Crippen LogP contribution in [-0.2, 0) is 0 Å². The summed E-state index contributed by atoms with van der Waals surface area (Å²) >= 11 is 0. The number of rotatable bonds is 13. The number of nitrogens with zero attached hydrogens (tertiary/aromatic N) is 1. The third-order valence-corrected chi connectivity index (χ3v) is 3.54. The molecule has 0 aliphatic rings. The third kappa shape index (κ3) is 13.9. The molecule has 0 bridgehead atoms. The Morgan fingerprint density at radius 3 is 1.29 bits per heavy atom. The Hall–Kier alpha value is -0.0400. The number of hydrogen-bond donors (Lipinski definition) is 0. The van der Waals surface area contributed by atoms with Crippen molar-refractivity contribution in [1.82, 2.24) is 4.90 Å². The van der Waals surface area contributed by atoms with Crippen LogP contribution in [0.15, 0.2) is 0 Å². The van der Waals surface area contributed by atoms with Crippen molar-refractivity contribution in [1.29, 1.82) is 0 Å². The van der Waals surface area contributed by atoms with Gasteiger partial charge in [-0.05, 0) is 33.0 Å². The first-order valence-corrected chi connectivity index (χ1v) is 7.99. The summed E-state index contributed by atoms with van der Waals surface area (Å²) in [5.41, 5.74) is 0. The van der Waals surface area contributed by atoms with E-state index in [1.165, 1.54) is 83.7 Å². The number of hydrogen-bond acceptors (Lipinski definition) is 1. The van der Waals surface area contributed by atoms with Gasteiger partial charge in [-0.1, -0.05) is 71.6 Å². The Morgan fingerprint density at radius 1 is 0.529 bits per heavy atom. The fourth-order valence-electron chi connectivity index (χ4n) is 2.26. The highest BCUT2D eigenvalue weighted by Crippen LogP contribution is 2.07. The molecule has 0 saturated heterocycles. The first-order chi connectivity index (χ1) is 8.31. The Balaban J connectivity index is 3.09. The van der Waals surface area contributed by atoms with Crippen LogP contribution in [0.5, 0.6) is 0 Å². The minimum atomic E-state index is 1.30. The van der Waals surface area contributed by atoms with Gasteiger partial charge in [-0.15, -0.1) is 0 Å². The van der Waals surface area contributed by atoms with E-state index in [9.17, 15) is 0 Å². The van der Waals surface area contributed by atoms with E-state index in [-0.39, 0.29) is 0 Å². The average Bonchev–Trinajstić information content (AvgIpc) is 2.33. The van der Waals surface area contributed by atoms with Crippen LogP contribution < -0.4 is 0 Å². The minimum Gasteiger partial charge on any atom is -0.306 e. The summed E-state index contributed by atoms with van der Waals surface area (Å²) in [4.78, 5) is 2.52. The first kappa shape index (κ1) is 17.0. The van der Waals surface area contributed by atoms with Gasteiger partial charge in [0.2, 0.25) is 0 Å². The topological polar surface area (TPSA) is 3.24 Å². The van der Waals surface area contributed by atoms with Gasteiger partial charge in [-0.2, -0.15) is 0 Å². The van der Waals surface area contributed by atoms with E-state index in [2.05, 4.69) is 25.8 Å².